The zero-order chi connectivity index (χ0) is 14.8. The van der Waals surface area contributed by atoms with Crippen LogP contribution < -0.4 is 0 Å². The first-order chi connectivity index (χ1) is 10.1. The molecule has 0 saturated carbocycles. The fourth-order valence-corrected chi connectivity index (χ4v) is 2.69. The zero-order valence-electron chi connectivity index (χ0n) is 12.3. The Kier molecular flexibility index (Phi) is 3.93. The summed E-state index contributed by atoms with van der Waals surface area (Å²) in [5.41, 5.74) is 4.14. The summed E-state index contributed by atoms with van der Waals surface area (Å²) in [6, 6.07) is 14.4. The normalized spacial score (nSPS) is 12.7. The van der Waals surface area contributed by atoms with Crippen molar-refractivity contribution in [2.75, 3.05) is 0 Å². The summed E-state index contributed by atoms with van der Waals surface area (Å²) in [7, 11) is 0. The molecule has 21 heavy (non-hydrogen) atoms. The largest absolute Gasteiger partial charge is 0.311 e. The quantitative estimate of drug-likeness (QED) is 0.673. The highest BCUT2D eigenvalue weighted by molar-refractivity contribution is 6.20. The third-order valence-corrected chi connectivity index (χ3v) is 3.78. The van der Waals surface area contributed by atoms with Crippen LogP contribution in [0.1, 0.15) is 29.4 Å². The monoisotopic (exact) mass is 299 g/mol. The van der Waals surface area contributed by atoms with Crippen LogP contribution in [0.2, 0.25) is 0 Å². The third kappa shape index (κ3) is 2.93. The van der Waals surface area contributed by atoms with Gasteiger partial charge in [0.2, 0.25) is 0 Å². The van der Waals surface area contributed by atoms with Crippen molar-refractivity contribution in [1.29, 1.82) is 0 Å². The minimum Gasteiger partial charge on any atom is -0.311 e. The van der Waals surface area contributed by atoms with Crippen LogP contribution in [0, 0.1) is 6.92 Å². The summed E-state index contributed by atoms with van der Waals surface area (Å²) in [6.45, 7) is 4.79. The SMILES string of the molecule is Cc1ccc2nc(C(C)Cl)n(CCc3ccccc3)c2n1. The number of halogens is 1. The van der Waals surface area contributed by atoms with Gasteiger partial charge in [-0.25, -0.2) is 9.97 Å². The molecule has 1 aromatic carbocycles. The third-order valence-electron chi connectivity index (χ3n) is 3.58. The molecule has 2 heterocycles. The molecule has 3 rings (SSSR count). The minimum absolute atomic E-state index is 0.129. The van der Waals surface area contributed by atoms with Gasteiger partial charge in [-0.1, -0.05) is 30.3 Å². The average molecular weight is 300 g/mol. The van der Waals surface area contributed by atoms with E-state index in [-0.39, 0.29) is 5.38 Å². The lowest BCUT2D eigenvalue weighted by Crippen LogP contribution is -2.07. The molecule has 1 unspecified atom stereocenters. The Hall–Kier alpha value is -1.87. The highest BCUT2D eigenvalue weighted by Gasteiger charge is 2.15. The van der Waals surface area contributed by atoms with Gasteiger partial charge in [-0.05, 0) is 38.0 Å². The van der Waals surface area contributed by atoms with Crippen molar-refractivity contribution in [3.63, 3.8) is 0 Å². The van der Waals surface area contributed by atoms with Crippen LogP contribution in [0.3, 0.4) is 0 Å². The summed E-state index contributed by atoms with van der Waals surface area (Å²) in [4.78, 5) is 9.27. The molecule has 0 amide bonds. The van der Waals surface area contributed by atoms with Gasteiger partial charge in [0.25, 0.3) is 0 Å². The van der Waals surface area contributed by atoms with Gasteiger partial charge in [0.05, 0.1) is 5.38 Å². The molecule has 108 valence electrons. The number of pyridine rings is 1. The number of imidazole rings is 1. The smallest absolute Gasteiger partial charge is 0.160 e. The van der Waals surface area contributed by atoms with Crippen molar-refractivity contribution in [1.82, 2.24) is 14.5 Å². The molecule has 0 saturated heterocycles. The van der Waals surface area contributed by atoms with Crippen molar-refractivity contribution in [2.24, 2.45) is 0 Å². The van der Waals surface area contributed by atoms with Crippen molar-refractivity contribution < 1.29 is 0 Å². The Morgan fingerprint density at radius 1 is 1.10 bits per heavy atom. The molecule has 0 fully saturated rings. The van der Waals surface area contributed by atoms with E-state index in [0.29, 0.717) is 0 Å². The van der Waals surface area contributed by atoms with Crippen molar-refractivity contribution in [2.45, 2.75) is 32.2 Å². The van der Waals surface area contributed by atoms with E-state index >= 15 is 0 Å². The summed E-state index contributed by atoms with van der Waals surface area (Å²) in [6.07, 6.45) is 0.943. The van der Waals surface area contributed by atoms with Crippen LogP contribution in [0.4, 0.5) is 0 Å². The lowest BCUT2D eigenvalue weighted by atomic mass is 10.1. The Labute approximate surface area is 129 Å². The number of alkyl halides is 1. The molecule has 3 aromatic rings. The molecule has 2 aromatic heterocycles. The predicted molar refractivity (Wildman–Crippen MR) is 86.7 cm³/mol. The van der Waals surface area contributed by atoms with Gasteiger partial charge in [-0.15, -0.1) is 11.6 Å². The van der Waals surface area contributed by atoms with Gasteiger partial charge in [-0.2, -0.15) is 0 Å². The predicted octanol–water partition coefficient (Wildman–Crippen LogP) is 4.28. The molecular formula is C17H18ClN3. The van der Waals surface area contributed by atoms with Crippen LogP contribution in [-0.2, 0) is 13.0 Å². The summed E-state index contributed by atoms with van der Waals surface area (Å²) < 4.78 is 2.15. The molecule has 0 radical (unpaired) electrons. The second-order valence-corrected chi connectivity index (χ2v) is 5.92. The summed E-state index contributed by atoms with van der Waals surface area (Å²) in [5, 5.41) is -0.129. The minimum atomic E-state index is -0.129. The molecule has 4 heteroatoms. The fourth-order valence-electron chi connectivity index (χ4n) is 2.52. The van der Waals surface area contributed by atoms with Crippen LogP contribution in [0.15, 0.2) is 42.5 Å². The van der Waals surface area contributed by atoms with Gasteiger partial charge in [0.1, 0.15) is 11.3 Å². The average Bonchev–Trinajstić information content (AvgIpc) is 2.84. The van der Waals surface area contributed by atoms with Gasteiger partial charge < -0.3 is 4.57 Å². The van der Waals surface area contributed by atoms with E-state index in [1.54, 1.807) is 0 Å². The van der Waals surface area contributed by atoms with E-state index in [0.717, 1.165) is 35.6 Å². The molecule has 3 nitrogen and oxygen atoms in total. The van der Waals surface area contributed by atoms with Crippen LogP contribution in [-0.4, -0.2) is 14.5 Å². The maximum atomic E-state index is 6.29. The molecule has 0 spiro atoms. The van der Waals surface area contributed by atoms with Gasteiger partial charge in [0, 0.05) is 12.2 Å². The standard InChI is InChI=1S/C17H18ClN3/c1-12-8-9-15-17(19-12)21(16(20-15)13(2)18)11-10-14-6-4-3-5-7-14/h3-9,13H,10-11H2,1-2H3. The van der Waals surface area contributed by atoms with Gasteiger partial charge >= 0.3 is 0 Å². The number of hydrogen-bond acceptors (Lipinski definition) is 2. The molecule has 0 N–H and O–H groups in total. The molecule has 0 aliphatic rings. The maximum Gasteiger partial charge on any atom is 0.160 e. The van der Waals surface area contributed by atoms with E-state index in [2.05, 4.69) is 38.8 Å². The Morgan fingerprint density at radius 2 is 1.86 bits per heavy atom. The summed E-state index contributed by atoms with van der Waals surface area (Å²) in [5.74, 6) is 0.890. The number of fused-ring (bicyclic) bond motifs is 1. The molecular weight excluding hydrogens is 282 g/mol. The fraction of sp³-hybridized carbons (Fsp3) is 0.294. The number of rotatable bonds is 4. The van der Waals surface area contributed by atoms with Crippen LogP contribution in [0.25, 0.3) is 11.2 Å². The lowest BCUT2D eigenvalue weighted by molar-refractivity contribution is 0.663. The first kappa shape index (κ1) is 14.1. The van der Waals surface area contributed by atoms with Crippen molar-refractivity contribution in [3.8, 4) is 0 Å². The first-order valence-corrected chi connectivity index (χ1v) is 7.60. The van der Waals surface area contributed by atoms with Gasteiger partial charge in [0.15, 0.2) is 5.65 Å². The van der Waals surface area contributed by atoms with Crippen LogP contribution >= 0.6 is 11.6 Å². The Morgan fingerprint density at radius 3 is 2.57 bits per heavy atom. The number of aromatic nitrogens is 3. The van der Waals surface area contributed by atoms with E-state index in [1.165, 1.54) is 5.56 Å². The number of benzene rings is 1. The zero-order valence-corrected chi connectivity index (χ0v) is 13.0. The second-order valence-electron chi connectivity index (χ2n) is 5.27. The summed E-state index contributed by atoms with van der Waals surface area (Å²) >= 11 is 6.29. The van der Waals surface area contributed by atoms with Crippen molar-refractivity contribution in [3.05, 3.63) is 59.5 Å². The lowest BCUT2D eigenvalue weighted by Gasteiger charge is -2.10. The first-order valence-electron chi connectivity index (χ1n) is 7.17. The van der Waals surface area contributed by atoms with E-state index in [4.69, 9.17) is 11.6 Å². The molecule has 0 aliphatic carbocycles. The number of hydrogen-bond donors (Lipinski definition) is 0. The van der Waals surface area contributed by atoms with Crippen LogP contribution in [0.5, 0.6) is 0 Å². The second kappa shape index (κ2) is 5.86. The van der Waals surface area contributed by atoms with E-state index < -0.39 is 0 Å². The molecule has 1 atom stereocenters. The highest BCUT2D eigenvalue weighted by Crippen LogP contribution is 2.24. The maximum absolute atomic E-state index is 6.29. The number of nitrogens with zero attached hydrogens (tertiary/aromatic N) is 3. The topological polar surface area (TPSA) is 30.7 Å². The number of aryl methyl sites for hydroxylation is 3. The Balaban J connectivity index is 1.98. The molecule has 0 aliphatic heterocycles. The van der Waals surface area contributed by atoms with E-state index in [9.17, 15) is 0 Å². The molecule has 0 bridgehead atoms. The highest BCUT2D eigenvalue weighted by atomic mass is 35.5. The van der Waals surface area contributed by atoms with Crippen molar-refractivity contribution >= 4 is 22.8 Å². The van der Waals surface area contributed by atoms with Gasteiger partial charge in [-0.3, -0.25) is 0 Å². The van der Waals surface area contributed by atoms with E-state index in [1.807, 2.05) is 32.0 Å². The Bertz CT molecular complexity index is 747.